The van der Waals surface area contributed by atoms with Crippen molar-refractivity contribution >= 4 is 16.7 Å². The number of carbonyl (C=O) groups excluding carboxylic acids is 1. The maximum absolute atomic E-state index is 12.2. The Hall–Kier alpha value is -1.77. The van der Waals surface area contributed by atoms with Crippen LogP contribution in [0.15, 0.2) is 24.4 Å². The Balaban J connectivity index is 2.27. The lowest BCUT2D eigenvalue weighted by atomic mass is 10.0. The van der Waals surface area contributed by atoms with Crippen molar-refractivity contribution in [2.24, 2.45) is 5.92 Å². The molecule has 1 heterocycles. The van der Waals surface area contributed by atoms with E-state index in [9.17, 15) is 4.79 Å². The number of rotatable bonds is 6. The van der Waals surface area contributed by atoms with Gasteiger partial charge in [0.1, 0.15) is 5.75 Å². The van der Waals surface area contributed by atoms with Crippen LogP contribution >= 0.6 is 0 Å². The van der Waals surface area contributed by atoms with Gasteiger partial charge in [0.2, 0.25) is 0 Å². The monoisotopic (exact) mass is 259 g/mol. The first kappa shape index (κ1) is 13.7. The van der Waals surface area contributed by atoms with Crippen LogP contribution in [0.5, 0.6) is 5.75 Å². The first-order chi connectivity index (χ1) is 9.11. The van der Waals surface area contributed by atoms with Crippen molar-refractivity contribution in [2.45, 2.75) is 33.6 Å². The second-order valence-electron chi connectivity index (χ2n) is 5.20. The number of ketones is 1. The molecule has 1 aromatic heterocycles. The van der Waals surface area contributed by atoms with E-state index < -0.39 is 0 Å². The molecular formula is C16H21NO2. The van der Waals surface area contributed by atoms with E-state index in [1.165, 1.54) is 0 Å². The standard InChI is InChI=1S/C16H21NO2/c1-4-19-12-6-7-15-13(9-12)14(10-17-15)16(18)8-5-11(2)3/h6-7,9-11,17H,4-5,8H2,1-3H3. The van der Waals surface area contributed by atoms with Crippen LogP contribution in [-0.2, 0) is 0 Å². The number of hydrogen-bond donors (Lipinski definition) is 1. The van der Waals surface area contributed by atoms with E-state index in [-0.39, 0.29) is 5.78 Å². The Kier molecular flexibility index (Phi) is 4.25. The highest BCUT2D eigenvalue weighted by Gasteiger charge is 2.13. The van der Waals surface area contributed by atoms with E-state index in [0.29, 0.717) is 18.9 Å². The van der Waals surface area contributed by atoms with Crippen molar-refractivity contribution in [3.63, 3.8) is 0 Å². The van der Waals surface area contributed by atoms with Gasteiger partial charge in [0.05, 0.1) is 6.61 Å². The Labute approximate surface area is 114 Å². The summed E-state index contributed by atoms with van der Waals surface area (Å²) in [4.78, 5) is 15.4. The number of fused-ring (bicyclic) bond motifs is 1. The number of Topliss-reactive ketones (excluding diaryl/α,β-unsaturated/α-hetero) is 1. The van der Waals surface area contributed by atoms with Crippen LogP contribution in [0.2, 0.25) is 0 Å². The molecule has 0 aliphatic carbocycles. The van der Waals surface area contributed by atoms with Crippen molar-refractivity contribution in [2.75, 3.05) is 6.61 Å². The van der Waals surface area contributed by atoms with E-state index >= 15 is 0 Å². The molecule has 2 aromatic rings. The average Bonchev–Trinajstić information content (AvgIpc) is 2.79. The summed E-state index contributed by atoms with van der Waals surface area (Å²) in [5.41, 5.74) is 1.76. The molecule has 102 valence electrons. The largest absolute Gasteiger partial charge is 0.494 e. The van der Waals surface area contributed by atoms with E-state index in [4.69, 9.17) is 4.74 Å². The number of hydrogen-bond acceptors (Lipinski definition) is 2. The highest BCUT2D eigenvalue weighted by molar-refractivity contribution is 6.08. The summed E-state index contributed by atoms with van der Waals surface area (Å²) in [7, 11) is 0. The van der Waals surface area contributed by atoms with Crippen molar-refractivity contribution in [1.29, 1.82) is 0 Å². The molecule has 3 heteroatoms. The second-order valence-corrected chi connectivity index (χ2v) is 5.20. The number of ether oxygens (including phenoxy) is 1. The normalized spacial score (nSPS) is 11.2. The van der Waals surface area contributed by atoms with Gasteiger partial charge in [-0.2, -0.15) is 0 Å². The summed E-state index contributed by atoms with van der Waals surface area (Å²) in [6.07, 6.45) is 3.34. The number of aromatic nitrogens is 1. The van der Waals surface area contributed by atoms with E-state index in [1.807, 2.05) is 31.3 Å². The number of benzene rings is 1. The van der Waals surface area contributed by atoms with Crippen molar-refractivity contribution in [3.8, 4) is 5.75 Å². The SMILES string of the molecule is CCOc1ccc2[nH]cc(C(=O)CCC(C)C)c2c1. The van der Waals surface area contributed by atoms with Gasteiger partial charge in [0.15, 0.2) is 5.78 Å². The smallest absolute Gasteiger partial charge is 0.165 e. The zero-order valence-corrected chi connectivity index (χ0v) is 11.8. The minimum atomic E-state index is 0.202. The maximum Gasteiger partial charge on any atom is 0.165 e. The molecule has 0 aliphatic heterocycles. The topological polar surface area (TPSA) is 42.1 Å². The third-order valence-corrected chi connectivity index (χ3v) is 3.21. The fourth-order valence-corrected chi connectivity index (χ4v) is 2.14. The Bertz CT molecular complexity index is 569. The zero-order chi connectivity index (χ0) is 13.8. The van der Waals surface area contributed by atoms with Crippen molar-refractivity contribution < 1.29 is 9.53 Å². The van der Waals surface area contributed by atoms with Gasteiger partial charge in [0.25, 0.3) is 0 Å². The lowest BCUT2D eigenvalue weighted by Gasteiger charge is -2.05. The quantitative estimate of drug-likeness (QED) is 0.790. The minimum absolute atomic E-state index is 0.202. The molecule has 19 heavy (non-hydrogen) atoms. The summed E-state index contributed by atoms with van der Waals surface area (Å²) in [6, 6.07) is 5.82. The van der Waals surface area contributed by atoms with E-state index in [1.54, 1.807) is 0 Å². The fourth-order valence-electron chi connectivity index (χ4n) is 2.14. The third kappa shape index (κ3) is 3.16. The van der Waals surface area contributed by atoms with E-state index in [2.05, 4.69) is 18.8 Å². The molecule has 0 saturated heterocycles. The molecule has 0 saturated carbocycles. The Morgan fingerprint density at radius 3 is 2.84 bits per heavy atom. The molecule has 0 atom stereocenters. The van der Waals surface area contributed by atoms with Gasteiger partial charge in [-0.15, -0.1) is 0 Å². The van der Waals surface area contributed by atoms with Gasteiger partial charge in [0, 0.05) is 29.1 Å². The number of nitrogens with one attached hydrogen (secondary N) is 1. The molecule has 0 fully saturated rings. The summed E-state index contributed by atoms with van der Waals surface area (Å²) < 4.78 is 5.49. The van der Waals surface area contributed by atoms with Crippen LogP contribution in [0.3, 0.4) is 0 Å². The Morgan fingerprint density at radius 1 is 1.37 bits per heavy atom. The van der Waals surface area contributed by atoms with Crippen LogP contribution in [-0.4, -0.2) is 17.4 Å². The summed E-state index contributed by atoms with van der Waals surface area (Å²) in [6.45, 7) is 6.86. The molecule has 0 spiro atoms. The van der Waals surface area contributed by atoms with Gasteiger partial charge >= 0.3 is 0 Å². The van der Waals surface area contributed by atoms with Gasteiger partial charge in [-0.1, -0.05) is 13.8 Å². The van der Waals surface area contributed by atoms with Crippen LogP contribution < -0.4 is 4.74 Å². The average molecular weight is 259 g/mol. The second kappa shape index (κ2) is 5.91. The maximum atomic E-state index is 12.2. The number of aromatic amines is 1. The van der Waals surface area contributed by atoms with Gasteiger partial charge in [-0.25, -0.2) is 0 Å². The lowest BCUT2D eigenvalue weighted by Crippen LogP contribution is -2.00. The predicted molar refractivity (Wildman–Crippen MR) is 77.9 cm³/mol. The van der Waals surface area contributed by atoms with Gasteiger partial charge in [-0.3, -0.25) is 4.79 Å². The van der Waals surface area contributed by atoms with Crippen LogP contribution in [0.25, 0.3) is 10.9 Å². The van der Waals surface area contributed by atoms with Crippen LogP contribution in [0.4, 0.5) is 0 Å². The van der Waals surface area contributed by atoms with Gasteiger partial charge < -0.3 is 9.72 Å². The molecule has 1 N–H and O–H groups in total. The number of carbonyl (C=O) groups is 1. The zero-order valence-electron chi connectivity index (χ0n) is 11.8. The summed E-state index contributed by atoms with van der Waals surface area (Å²) in [5.74, 6) is 1.56. The molecule has 0 aliphatic rings. The fraction of sp³-hybridized carbons (Fsp3) is 0.438. The first-order valence-corrected chi connectivity index (χ1v) is 6.89. The molecule has 0 radical (unpaired) electrons. The Morgan fingerprint density at radius 2 is 2.16 bits per heavy atom. The number of H-pyrrole nitrogens is 1. The van der Waals surface area contributed by atoms with Crippen molar-refractivity contribution in [3.05, 3.63) is 30.0 Å². The molecule has 2 rings (SSSR count). The van der Waals surface area contributed by atoms with Crippen LogP contribution in [0.1, 0.15) is 44.0 Å². The highest BCUT2D eigenvalue weighted by atomic mass is 16.5. The van der Waals surface area contributed by atoms with Gasteiger partial charge in [-0.05, 0) is 37.5 Å². The lowest BCUT2D eigenvalue weighted by molar-refractivity contribution is 0.0977. The summed E-state index contributed by atoms with van der Waals surface area (Å²) in [5, 5.41) is 0.958. The highest BCUT2D eigenvalue weighted by Crippen LogP contribution is 2.25. The van der Waals surface area contributed by atoms with Crippen LogP contribution in [0, 0.1) is 5.92 Å². The molecule has 0 bridgehead atoms. The first-order valence-electron chi connectivity index (χ1n) is 6.89. The molecule has 1 aromatic carbocycles. The molecule has 0 unspecified atom stereocenters. The van der Waals surface area contributed by atoms with Crippen molar-refractivity contribution in [1.82, 2.24) is 4.98 Å². The molecular weight excluding hydrogens is 238 g/mol. The molecule has 3 nitrogen and oxygen atoms in total. The minimum Gasteiger partial charge on any atom is -0.494 e. The summed E-state index contributed by atoms with van der Waals surface area (Å²) >= 11 is 0. The third-order valence-electron chi connectivity index (χ3n) is 3.21. The molecule has 0 amide bonds. The van der Waals surface area contributed by atoms with E-state index in [0.717, 1.165) is 28.6 Å². The predicted octanol–water partition coefficient (Wildman–Crippen LogP) is 4.19.